The molecule has 7 nitrogen and oxygen atoms in total. The molecule has 4 aromatic rings. The van der Waals surface area contributed by atoms with Crippen molar-refractivity contribution in [2.24, 2.45) is 0 Å². The van der Waals surface area contributed by atoms with Gasteiger partial charge in [-0.3, -0.25) is 9.36 Å². The molecule has 3 heterocycles. The maximum atomic E-state index is 13.2. The van der Waals surface area contributed by atoms with Gasteiger partial charge in [-0.05, 0) is 13.0 Å². The number of carbonyl (C=O) groups excluding carboxylic acids is 1. The van der Waals surface area contributed by atoms with E-state index in [0.717, 1.165) is 10.1 Å². The highest BCUT2D eigenvalue weighted by atomic mass is 19.3. The number of rotatable bonds is 5. The van der Waals surface area contributed by atoms with Gasteiger partial charge in [-0.25, -0.2) is 9.97 Å². The maximum Gasteiger partial charge on any atom is 0.319 e. The number of amides is 1. The summed E-state index contributed by atoms with van der Waals surface area (Å²) in [5, 5.41) is 4.42. The highest BCUT2D eigenvalue weighted by molar-refractivity contribution is 6.06. The van der Waals surface area contributed by atoms with Crippen LogP contribution in [0.15, 0.2) is 53.3 Å². The Bertz CT molecular complexity index is 1170. The van der Waals surface area contributed by atoms with Crippen molar-refractivity contribution in [3.63, 3.8) is 0 Å². The Kier molecular flexibility index (Phi) is 4.79. The van der Waals surface area contributed by atoms with Crippen LogP contribution >= 0.6 is 0 Å². The molecule has 9 heteroatoms. The summed E-state index contributed by atoms with van der Waals surface area (Å²) >= 11 is 0. The first-order valence-corrected chi connectivity index (χ1v) is 8.83. The molecule has 0 fully saturated rings. The molecule has 0 N–H and O–H groups in total. The predicted octanol–water partition coefficient (Wildman–Crippen LogP) is 4.06. The minimum absolute atomic E-state index is 0.0784. The molecule has 148 valence electrons. The minimum atomic E-state index is -2.73. The summed E-state index contributed by atoms with van der Waals surface area (Å²) in [4.78, 5) is 22.9. The van der Waals surface area contributed by atoms with Crippen LogP contribution in [0.2, 0.25) is 0 Å². The number of fused-ring (bicyclic) bond motifs is 1. The molecule has 0 aliphatic carbocycles. The molecule has 0 spiro atoms. The first-order valence-electron chi connectivity index (χ1n) is 8.83. The zero-order valence-corrected chi connectivity index (χ0v) is 15.7. The van der Waals surface area contributed by atoms with Crippen molar-refractivity contribution >= 4 is 17.0 Å². The number of nitrogens with zero attached hydrogens (tertiary/aromatic N) is 5. The summed E-state index contributed by atoms with van der Waals surface area (Å²) in [6.45, 7) is -1.09. The molecule has 0 atom stereocenters. The summed E-state index contributed by atoms with van der Waals surface area (Å²) in [5.74, 6) is -0.281. The van der Waals surface area contributed by atoms with E-state index in [1.54, 1.807) is 13.0 Å². The van der Waals surface area contributed by atoms with Crippen LogP contribution in [0.25, 0.3) is 22.4 Å². The van der Waals surface area contributed by atoms with Crippen LogP contribution in [-0.2, 0) is 6.54 Å². The standard InChI is InChI=1S/C20H17F2N5O2/c1-12-17-14(19(28)26(2)11-16-23-8-9-27(16)20(21)22)10-15(24-18(17)29-25-12)13-6-4-3-5-7-13/h3-10,20H,11H2,1-2H3. The van der Waals surface area contributed by atoms with Crippen molar-refractivity contribution in [3.05, 3.63) is 65.9 Å². The maximum absolute atomic E-state index is 13.2. The van der Waals surface area contributed by atoms with E-state index in [-0.39, 0.29) is 24.0 Å². The first kappa shape index (κ1) is 18.7. The van der Waals surface area contributed by atoms with Crippen molar-refractivity contribution in [1.82, 2.24) is 24.6 Å². The second-order valence-electron chi connectivity index (χ2n) is 6.56. The molecular formula is C20H17F2N5O2. The second kappa shape index (κ2) is 7.42. The summed E-state index contributed by atoms with van der Waals surface area (Å²) in [6.07, 6.45) is 2.46. The van der Waals surface area contributed by atoms with Gasteiger partial charge in [0.05, 0.1) is 28.9 Å². The summed E-state index contributed by atoms with van der Waals surface area (Å²) in [5.41, 5.74) is 2.48. The third-order valence-electron chi connectivity index (χ3n) is 4.60. The van der Waals surface area contributed by atoms with Gasteiger partial charge in [-0.15, -0.1) is 0 Å². The molecule has 0 saturated heterocycles. The Morgan fingerprint density at radius 2 is 2.03 bits per heavy atom. The molecular weight excluding hydrogens is 380 g/mol. The number of pyridine rings is 1. The Morgan fingerprint density at radius 1 is 1.28 bits per heavy atom. The fourth-order valence-corrected chi connectivity index (χ4v) is 3.15. The first-order chi connectivity index (χ1) is 14.0. The third kappa shape index (κ3) is 3.46. The van der Waals surface area contributed by atoms with Crippen LogP contribution < -0.4 is 0 Å². The van der Waals surface area contributed by atoms with Gasteiger partial charge in [0.15, 0.2) is 0 Å². The lowest BCUT2D eigenvalue weighted by Crippen LogP contribution is -2.28. The zero-order chi connectivity index (χ0) is 20.5. The molecule has 1 aromatic carbocycles. The molecule has 0 aliphatic rings. The molecule has 0 aliphatic heterocycles. The van der Waals surface area contributed by atoms with Crippen molar-refractivity contribution in [2.75, 3.05) is 7.05 Å². The van der Waals surface area contributed by atoms with E-state index in [9.17, 15) is 13.6 Å². The lowest BCUT2D eigenvalue weighted by atomic mass is 10.0. The van der Waals surface area contributed by atoms with E-state index >= 15 is 0 Å². The Balaban J connectivity index is 1.74. The fraction of sp³-hybridized carbons (Fsp3) is 0.200. The average Bonchev–Trinajstić information content (AvgIpc) is 3.34. The normalized spacial score (nSPS) is 11.3. The van der Waals surface area contributed by atoms with Gasteiger partial charge in [0.1, 0.15) is 5.82 Å². The van der Waals surface area contributed by atoms with E-state index in [0.29, 0.717) is 22.3 Å². The summed E-state index contributed by atoms with van der Waals surface area (Å²) < 4.78 is 32.2. The van der Waals surface area contributed by atoms with Crippen molar-refractivity contribution in [2.45, 2.75) is 20.0 Å². The molecule has 1 amide bonds. The second-order valence-corrected chi connectivity index (χ2v) is 6.56. The highest BCUT2D eigenvalue weighted by Crippen LogP contribution is 2.28. The molecule has 0 saturated carbocycles. The zero-order valence-electron chi connectivity index (χ0n) is 15.7. The van der Waals surface area contributed by atoms with Gasteiger partial charge in [0.25, 0.3) is 11.6 Å². The number of carbonyl (C=O) groups is 1. The van der Waals surface area contributed by atoms with Crippen LogP contribution in [0.1, 0.15) is 28.4 Å². The lowest BCUT2D eigenvalue weighted by molar-refractivity contribution is 0.0613. The van der Waals surface area contributed by atoms with E-state index < -0.39 is 6.55 Å². The topological polar surface area (TPSA) is 77.1 Å². The lowest BCUT2D eigenvalue weighted by Gasteiger charge is -2.18. The van der Waals surface area contributed by atoms with Gasteiger partial charge in [0.2, 0.25) is 0 Å². The largest absolute Gasteiger partial charge is 0.335 e. The molecule has 3 aromatic heterocycles. The van der Waals surface area contributed by atoms with Gasteiger partial charge in [0, 0.05) is 25.0 Å². The number of imidazole rings is 1. The van der Waals surface area contributed by atoms with Crippen LogP contribution in [0, 0.1) is 6.92 Å². The molecule has 0 unspecified atom stereocenters. The number of hydrogen-bond acceptors (Lipinski definition) is 5. The Morgan fingerprint density at radius 3 is 2.76 bits per heavy atom. The predicted molar refractivity (Wildman–Crippen MR) is 101 cm³/mol. The van der Waals surface area contributed by atoms with Gasteiger partial charge in [-0.1, -0.05) is 35.5 Å². The average molecular weight is 397 g/mol. The van der Waals surface area contributed by atoms with E-state index in [1.807, 2.05) is 30.3 Å². The number of alkyl halides is 2. The molecule has 0 bridgehead atoms. The number of hydrogen-bond donors (Lipinski definition) is 0. The van der Waals surface area contributed by atoms with E-state index in [4.69, 9.17) is 4.52 Å². The molecule has 29 heavy (non-hydrogen) atoms. The summed E-state index contributed by atoms with van der Waals surface area (Å²) in [6, 6.07) is 11.0. The van der Waals surface area contributed by atoms with E-state index in [1.165, 1.54) is 24.3 Å². The van der Waals surface area contributed by atoms with E-state index in [2.05, 4.69) is 15.1 Å². The Hall–Kier alpha value is -3.62. The molecule has 0 radical (unpaired) electrons. The monoisotopic (exact) mass is 397 g/mol. The quantitative estimate of drug-likeness (QED) is 0.508. The van der Waals surface area contributed by atoms with Crippen LogP contribution in [0.5, 0.6) is 0 Å². The number of aryl methyl sites for hydroxylation is 1. The molecule has 4 rings (SSSR count). The van der Waals surface area contributed by atoms with Crippen molar-refractivity contribution in [3.8, 4) is 11.3 Å². The SMILES string of the molecule is Cc1noc2nc(-c3ccccc3)cc(C(=O)N(C)Cc3nccn3C(F)F)c12. The number of benzene rings is 1. The van der Waals surface area contributed by atoms with Crippen molar-refractivity contribution < 1.29 is 18.1 Å². The van der Waals surface area contributed by atoms with Crippen LogP contribution in [0.3, 0.4) is 0 Å². The van der Waals surface area contributed by atoms with Crippen LogP contribution in [0.4, 0.5) is 8.78 Å². The van der Waals surface area contributed by atoms with Gasteiger partial charge < -0.3 is 9.42 Å². The van der Waals surface area contributed by atoms with Crippen LogP contribution in [-0.4, -0.2) is 37.5 Å². The number of halogens is 2. The summed E-state index contributed by atoms with van der Waals surface area (Å²) in [7, 11) is 1.53. The van der Waals surface area contributed by atoms with Crippen molar-refractivity contribution in [1.29, 1.82) is 0 Å². The number of aromatic nitrogens is 4. The van der Waals surface area contributed by atoms with Gasteiger partial charge >= 0.3 is 6.55 Å². The minimum Gasteiger partial charge on any atom is -0.335 e. The fourth-order valence-electron chi connectivity index (χ4n) is 3.15. The highest BCUT2D eigenvalue weighted by Gasteiger charge is 2.23. The van der Waals surface area contributed by atoms with Gasteiger partial charge in [-0.2, -0.15) is 8.78 Å². The Labute approximate surface area is 164 Å². The third-order valence-corrected chi connectivity index (χ3v) is 4.60. The smallest absolute Gasteiger partial charge is 0.319 e.